The second kappa shape index (κ2) is 6.05. The minimum absolute atomic E-state index is 0.294. The maximum Gasteiger partial charge on any atom is 0.285 e. The molecule has 19 heavy (non-hydrogen) atoms. The van der Waals surface area contributed by atoms with Crippen molar-refractivity contribution in [3.8, 4) is 0 Å². The van der Waals surface area contributed by atoms with Crippen LogP contribution in [0.25, 0.3) is 0 Å². The van der Waals surface area contributed by atoms with Crippen LogP contribution in [0.15, 0.2) is 33.6 Å². The first-order valence-electron chi connectivity index (χ1n) is 6.30. The van der Waals surface area contributed by atoms with E-state index in [1.54, 1.807) is 12.1 Å². The van der Waals surface area contributed by atoms with Gasteiger partial charge in [0.2, 0.25) is 0 Å². The maximum absolute atomic E-state index is 11.9. The molecule has 0 spiro atoms. The number of anilines is 1. The Labute approximate surface area is 122 Å². The first-order valence-corrected chi connectivity index (χ1v) is 8.86. The van der Waals surface area contributed by atoms with Gasteiger partial charge in [-0.1, -0.05) is 41.4 Å². The molecule has 1 aromatic carbocycles. The monoisotopic (exact) mass is 344 g/mol. The van der Waals surface area contributed by atoms with Gasteiger partial charge < -0.3 is 4.90 Å². The van der Waals surface area contributed by atoms with Gasteiger partial charge in [0.1, 0.15) is 11.2 Å². The smallest absolute Gasteiger partial charge is 0.285 e. The zero-order valence-electron chi connectivity index (χ0n) is 10.8. The highest BCUT2D eigenvalue weighted by Crippen LogP contribution is 2.30. The van der Waals surface area contributed by atoms with Gasteiger partial charge in [0.15, 0.2) is 0 Å². The molecule has 0 radical (unpaired) electrons. The maximum atomic E-state index is 11.9. The van der Waals surface area contributed by atoms with Crippen LogP contribution in [0.3, 0.4) is 0 Å². The van der Waals surface area contributed by atoms with Gasteiger partial charge in [-0.05, 0) is 24.5 Å². The molecule has 0 N–H and O–H groups in total. The van der Waals surface area contributed by atoms with Gasteiger partial charge in [0.25, 0.3) is 10.0 Å². The van der Waals surface area contributed by atoms with Crippen molar-refractivity contribution in [2.75, 3.05) is 16.8 Å². The zero-order chi connectivity index (χ0) is 13.9. The highest BCUT2D eigenvalue weighted by Gasteiger charge is 2.25. The van der Waals surface area contributed by atoms with Crippen LogP contribution in [0.5, 0.6) is 0 Å². The largest absolute Gasteiger partial charge is 0.330 e. The predicted molar refractivity (Wildman–Crippen MR) is 81.7 cm³/mol. The van der Waals surface area contributed by atoms with Crippen LogP contribution in [0.2, 0.25) is 0 Å². The summed E-state index contributed by atoms with van der Waals surface area (Å²) in [6.45, 7) is 2.92. The first-order chi connectivity index (χ1) is 9.08. The molecule has 1 aliphatic heterocycles. The minimum atomic E-state index is -3.51. The summed E-state index contributed by atoms with van der Waals surface area (Å²) in [6.07, 6.45) is 3.65. The third kappa shape index (κ3) is 3.17. The predicted octanol–water partition coefficient (Wildman–Crippen LogP) is 3.03. The van der Waals surface area contributed by atoms with Gasteiger partial charge in [-0.3, -0.25) is 0 Å². The molecule has 0 amide bonds. The molecule has 0 aliphatic carbocycles. The van der Waals surface area contributed by atoms with Crippen molar-refractivity contribution < 1.29 is 8.42 Å². The van der Waals surface area contributed by atoms with E-state index in [1.165, 1.54) is 6.34 Å². The lowest BCUT2D eigenvalue weighted by Crippen LogP contribution is -2.32. The van der Waals surface area contributed by atoms with Crippen molar-refractivity contribution in [2.45, 2.75) is 24.7 Å². The average Bonchev–Trinajstić information content (AvgIpc) is 2.41. The molecule has 0 saturated carbocycles. The van der Waals surface area contributed by atoms with Gasteiger partial charge in [-0.25, -0.2) is 0 Å². The Kier molecular flexibility index (Phi) is 4.62. The molecule has 104 valence electrons. The van der Waals surface area contributed by atoms with Crippen molar-refractivity contribution in [1.29, 1.82) is 0 Å². The second-order valence-corrected chi connectivity index (χ2v) is 6.87. The lowest BCUT2D eigenvalue weighted by atomic mass is 10.1. The molecule has 4 nitrogen and oxygen atoms in total. The fourth-order valence-electron chi connectivity index (χ4n) is 2.20. The van der Waals surface area contributed by atoms with E-state index in [0.29, 0.717) is 10.8 Å². The fourth-order valence-corrected chi connectivity index (χ4v) is 3.78. The Balaban J connectivity index is 2.29. The number of benzene rings is 1. The number of alkyl halides is 1. The number of sulfonamides is 1. The average molecular weight is 345 g/mol. The lowest BCUT2D eigenvalue weighted by molar-refractivity contribution is 0.544. The molecule has 0 aromatic heterocycles. The number of rotatable bonds is 5. The number of nitrogens with zero attached hydrogens (tertiary/aromatic N) is 2. The van der Waals surface area contributed by atoms with Crippen LogP contribution in [-0.4, -0.2) is 26.6 Å². The van der Waals surface area contributed by atoms with Crippen molar-refractivity contribution >= 4 is 38.0 Å². The van der Waals surface area contributed by atoms with E-state index in [1.807, 2.05) is 17.0 Å². The SMILES string of the molecule is CCCC(CBr)CN1C=NS(=O)(=O)c2ccccc21. The Morgan fingerprint density at radius 1 is 1.37 bits per heavy atom. The van der Waals surface area contributed by atoms with E-state index in [-0.39, 0.29) is 0 Å². The molecule has 1 aromatic rings. The first kappa shape index (κ1) is 14.5. The van der Waals surface area contributed by atoms with E-state index < -0.39 is 10.0 Å². The van der Waals surface area contributed by atoms with Crippen LogP contribution in [-0.2, 0) is 10.0 Å². The molecule has 1 atom stereocenters. The van der Waals surface area contributed by atoms with Crippen molar-refractivity contribution in [2.24, 2.45) is 10.3 Å². The Bertz CT molecular complexity index is 572. The molecule has 6 heteroatoms. The summed E-state index contributed by atoms with van der Waals surface area (Å²) in [5.74, 6) is 0.477. The van der Waals surface area contributed by atoms with Crippen LogP contribution in [0.1, 0.15) is 19.8 Å². The molecule has 0 fully saturated rings. The van der Waals surface area contributed by atoms with E-state index in [4.69, 9.17) is 0 Å². The van der Waals surface area contributed by atoms with Crippen molar-refractivity contribution in [1.82, 2.24) is 0 Å². The summed E-state index contributed by atoms with van der Waals surface area (Å²) >= 11 is 3.52. The Morgan fingerprint density at radius 2 is 2.11 bits per heavy atom. The zero-order valence-corrected chi connectivity index (χ0v) is 13.2. The number of hydrogen-bond donors (Lipinski definition) is 0. The molecular weight excluding hydrogens is 328 g/mol. The molecule has 2 rings (SSSR count). The van der Waals surface area contributed by atoms with E-state index in [2.05, 4.69) is 27.3 Å². The standard InChI is InChI=1S/C13H17BrN2O2S/c1-2-5-11(8-14)9-16-10-15-19(17,18)13-7-4-3-6-12(13)16/h3-4,6-7,10-11H,2,5,8-9H2,1H3. The summed E-state index contributed by atoms with van der Waals surface area (Å²) in [6, 6.07) is 7.01. The Hall–Kier alpha value is -0.880. The molecule has 0 bridgehead atoms. The third-order valence-electron chi connectivity index (χ3n) is 3.15. The molecule has 0 saturated heterocycles. The van der Waals surface area contributed by atoms with Crippen molar-refractivity contribution in [3.05, 3.63) is 24.3 Å². The summed E-state index contributed by atoms with van der Waals surface area (Å²) in [4.78, 5) is 2.22. The molecule has 1 unspecified atom stereocenters. The van der Waals surface area contributed by atoms with Crippen LogP contribution >= 0.6 is 15.9 Å². The summed E-state index contributed by atoms with van der Waals surface area (Å²) < 4.78 is 27.4. The quantitative estimate of drug-likeness (QED) is 0.771. The number of fused-ring (bicyclic) bond motifs is 1. The molecular formula is C13H17BrN2O2S. The van der Waals surface area contributed by atoms with Gasteiger partial charge in [0, 0.05) is 11.9 Å². The van der Waals surface area contributed by atoms with Crippen LogP contribution < -0.4 is 4.90 Å². The normalized spacial score (nSPS) is 18.1. The second-order valence-electron chi connectivity index (χ2n) is 4.63. The van der Waals surface area contributed by atoms with Crippen LogP contribution in [0, 0.1) is 5.92 Å². The summed E-state index contributed by atoms with van der Waals surface area (Å²) in [5.41, 5.74) is 0.722. The van der Waals surface area contributed by atoms with Crippen LogP contribution in [0.4, 0.5) is 5.69 Å². The van der Waals surface area contributed by atoms with E-state index >= 15 is 0 Å². The minimum Gasteiger partial charge on any atom is -0.330 e. The third-order valence-corrected chi connectivity index (χ3v) is 5.34. The number of halogens is 1. The van der Waals surface area contributed by atoms with Gasteiger partial charge in [-0.15, -0.1) is 4.40 Å². The van der Waals surface area contributed by atoms with Crippen molar-refractivity contribution in [3.63, 3.8) is 0 Å². The fraction of sp³-hybridized carbons (Fsp3) is 0.462. The molecule has 1 heterocycles. The van der Waals surface area contributed by atoms with Gasteiger partial charge in [0.05, 0.1) is 5.69 Å². The lowest BCUT2D eigenvalue weighted by Gasteiger charge is -2.28. The highest BCUT2D eigenvalue weighted by atomic mass is 79.9. The molecule has 1 aliphatic rings. The van der Waals surface area contributed by atoms with Gasteiger partial charge in [-0.2, -0.15) is 8.42 Å². The number of hydrogen-bond acceptors (Lipinski definition) is 3. The summed E-state index contributed by atoms with van der Waals surface area (Å²) in [5, 5.41) is 0.903. The number of para-hydroxylation sites is 1. The van der Waals surface area contributed by atoms with Gasteiger partial charge >= 0.3 is 0 Å². The Morgan fingerprint density at radius 3 is 2.79 bits per heavy atom. The highest BCUT2D eigenvalue weighted by molar-refractivity contribution is 9.09. The van der Waals surface area contributed by atoms with E-state index in [9.17, 15) is 8.42 Å². The van der Waals surface area contributed by atoms with E-state index in [0.717, 1.165) is 30.4 Å². The topological polar surface area (TPSA) is 49.7 Å². The summed E-state index contributed by atoms with van der Waals surface area (Å²) in [7, 11) is -3.51.